The van der Waals surface area contributed by atoms with Gasteiger partial charge in [-0.3, -0.25) is 0 Å². The van der Waals surface area contributed by atoms with E-state index in [0.29, 0.717) is 32.5 Å². The fourth-order valence-corrected chi connectivity index (χ4v) is 2.50. The number of hydrogen-bond acceptors (Lipinski definition) is 4. The van der Waals surface area contributed by atoms with Gasteiger partial charge in [0.2, 0.25) is 0 Å². The molecule has 0 radical (unpaired) electrons. The van der Waals surface area contributed by atoms with Crippen molar-refractivity contribution in [1.82, 2.24) is 0 Å². The van der Waals surface area contributed by atoms with E-state index in [2.05, 4.69) is 0 Å². The molecular weight excluding hydrogens is 276 g/mol. The van der Waals surface area contributed by atoms with Crippen molar-refractivity contribution in [3.63, 3.8) is 0 Å². The molecule has 1 N–H and O–H groups in total. The summed E-state index contributed by atoms with van der Waals surface area (Å²) in [6, 6.07) is 10.4. The monoisotopic (exact) mass is 282 g/mol. The Kier molecular flexibility index (Phi) is 2.84. The van der Waals surface area contributed by atoms with Crippen LogP contribution in [0.1, 0.15) is 16.7 Å². The Morgan fingerprint density at radius 1 is 1.15 bits per heavy atom. The molecular formula is C15H7ClN2O2. The van der Waals surface area contributed by atoms with Gasteiger partial charge in [-0.2, -0.15) is 10.5 Å². The van der Waals surface area contributed by atoms with Crippen LogP contribution in [-0.2, 0) is 6.61 Å². The zero-order valence-corrected chi connectivity index (χ0v) is 10.9. The Morgan fingerprint density at radius 2 is 1.85 bits per heavy atom. The van der Waals surface area contributed by atoms with Crippen molar-refractivity contribution in [2.75, 3.05) is 0 Å². The van der Waals surface area contributed by atoms with Gasteiger partial charge in [-0.25, -0.2) is 0 Å². The number of aliphatic hydroxyl groups excluding tert-OH is 1. The zero-order chi connectivity index (χ0) is 14.3. The number of benzene rings is 2. The molecule has 5 heteroatoms. The molecule has 20 heavy (non-hydrogen) atoms. The maximum atomic E-state index is 9.35. The summed E-state index contributed by atoms with van der Waals surface area (Å²) in [4.78, 5) is 0. The minimum absolute atomic E-state index is 0.177. The lowest BCUT2D eigenvalue weighted by atomic mass is 10.0. The second-order valence-electron chi connectivity index (χ2n) is 4.29. The van der Waals surface area contributed by atoms with E-state index in [1.165, 1.54) is 6.07 Å². The molecule has 0 amide bonds. The van der Waals surface area contributed by atoms with Gasteiger partial charge in [0.15, 0.2) is 0 Å². The second-order valence-corrected chi connectivity index (χ2v) is 4.70. The summed E-state index contributed by atoms with van der Waals surface area (Å²) in [5, 5.41) is 29.2. The molecule has 4 nitrogen and oxygen atoms in total. The lowest BCUT2D eigenvalue weighted by Crippen LogP contribution is -1.84. The van der Waals surface area contributed by atoms with E-state index in [9.17, 15) is 5.11 Å². The van der Waals surface area contributed by atoms with Crippen LogP contribution in [0.4, 0.5) is 0 Å². The van der Waals surface area contributed by atoms with Crippen LogP contribution >= 0.6 is 11.6 Å². The Hall–Kier alpha value is -2.53. The van der Waals surface area contributed by atoms with Gasteiger partial charge in [-0.05, 0) is 12.1 Å². The third-order valence-electron chi connectivity index (χ3n) is 3.20. The predicted octanol–water partition coefficient (Wildman–Crippen LogP) is 3.48. The molecule has 0 saturated carbocycles. The first-order valence-electron chi connectivity index (χ1n) is 5.78. The summed E-state index contributed by atoms with van der Waals surface area (Å²) in [5.41, 5.74) is 2.08. The van der Waals surface area contributed by atoms with Crippen molar-refractivity contribution in [2.24, 2.45) is 0 Å². The molecule has 3 rings (SSSR count). The van der Waals surface area contributed by atoms with Crippen LogP contribution in [-0.4, -0.2) is 5.11 Å². The van der Waals surface area contributed by atoms with Crippen LogP contribution in [0, 0.1) is 22.7 Å². The average molecular weight is 283 g/mol. The van der Waals surface area contributed by atoms with Gasteiger partial charge in [-0.1, -0.05) is 17.7 Å². The number of fused-ring (bicyclic) bond motifs is 3. The average Bonchev–Trinajstić information content (AvgIpc) is 2.85. The summed E-state index contributed by atoms with van der Waals surface area (Å²) < 4.78 is 5.69. The van der Waals surface area contributed by atoms with Crippen molar-refractivity contribution >= 4 is 33.5 Å². The fraction of sp³-hybridized carbons (Fsp3) is 0.0667. The highest BCUT2D eigenvalue weighted by atomic mass is 35.5. The van der Waals surface area contributed by atoms with E-state index in [-0.39, 0.29) is 17.7 Å². The predicted molar refractivity (Wildman–Crippen MR) is 74.1 cm³/mol. The summed E-state index contributed by atoms with van der Waals surface area (Å²) in [5.74, 6) is 0. The number of furan rings is 1. The first kappa shape index (κ1) is 12.5. The van der Waals surface area contributed by atoms with Crippen LogP contribution in [0.15, 0.2) is 28.7 Å². The van der Waals surface area contributed by atoms with E-state index in [1.807, 2.05) is 12.1 Å². The molecule has 0 bridgehead atoms. The molecule has 0 fully saturated rings. The van der Waals surface area contributed by atoms with E-state index < -0.39 is 0 Å². The van der Waals surface area contributed by atoms with Crippen LogP contribution < -0.4 is 0 Å². The topological polar surface area (TPSA) is 80.9 Å². The first-order valence-corrected chi connectivity index (χ1v) is 6.16. The second kappa shape index (κ2) is 4.54. The maximum absolute atomic E-state index is 9.35. The van der Waals surface area contributed by atoms with E-state index in [4.69, 9.17) is 26.5 Å². The van der Waals surface area contributed by atoms with Crippen molar-refractivity contribution in [1.29, 1.82) is 10.5 Å². The highest BCUT2D eigenvalue weighted by molar-refractivity contribution is 6.37. The minimum atomic E-state index is -0.177. The van der Waals surface area contributed by atoms with Gasteiger partial charge >= 0.3 is 0 Å². The minimum Gasteiger partial charge on any atom is -0.456 e. The molecule has 0 aliphatic carbocycles. The number of nitriles is 2. The van der Waals surface area contributed by atoms with Crippen LogP contribution in [0.2, 0.25) is 5.02 Å². The van der Waals surface area contributed by atoms with Gasteiger partial charge in [0.05, 0.1) is 22.8 Å². The van der Waals surface area contributed by atoms with Crippen LogP contribution in [0.25, 0.3) is 21.9 Å². The van der Waals surface area contributed by atoms with Crippen molar-refractivity contribution in [2.45, 2.75) is 6.61 Å². The van der Waals surface area contributed by atoms with Crippen LogP contribution in [0.3, 0.4) is 0 Å². The summed E-state index contributed by atoms with van der Waals surface area (Å²) in [6.45, 7) is -0.177. The van der Waals surface area contributed by atoms with Gasteiger partial charge in [0.25, 0.3) is 0 Å². The molecule has 0 aliphatic rings. The number of hydrogen-bond donors (Lipinski definition) is 1. The molecule has 2 aromatic carbocycles. The lowest BCUT2D eigenvalue weighted by Gasteiger charge is -1.99. The third kappa shape index (κ3) is 1.64. The Labute approximate surface area is 119 Å². The Bertz CT molecular complexity index is 929. The molecule has 0 saturated heterocycles. The quantitative estimate of drug-likeness (QED) is 0.741. The van der Waals surface area contributed by atoms with Crippen molar-refractivity contribution in [3.05, 3.63) is 46.0 Å². The SMILES string of the molecule is N#Cc1cc2oc3c(CO)ccc(Cl)c3c2cc1C#N. The zero-order valence-electron chi connectivity index (χ0n) is 10.1. The molecule has 1 heterocycles. The van der Waals surface area contributed by atoms with Crippen molar-refractivity contribution < 1.29 is 9.52 Å². The maximum Gasteiger partial charge on any atom is 0.142 e. The summed E-state index contributed by atoms with van der Waals surface area (Å²) >= 11 is 6.19. The molecule has 96 valence electrons. The lowest BCUT2D eigenvalue weighted by molar-refractivity contribution is 0.282. The van der Waals surface area contributed by atoms with E-state index in [1.54, 1.807) is 18.2 Å². The molecule has 1 aromatic heterocycles. The molecule has 0 aliphatic heterocycles. The largest absolute Gasteiger partial charge is 0.456 e. The first-order chi connectivity index (χ1) is 9.69. The summed E-state index contributed by atoms with van der Waals surface area (Å²) in [6.07, 6.45) is 0. The van der Waals surface area contributed by atoms with Gasteiger partial charge in [0.1, 0.15) is 23.3 Å². The van der Waals surface area contributed by atoms with E-state index >= 15 is 0 Å². The van der Waals surface area contributed by atoms with Gasteiger partial charge < -0.3 is 9.52 Å². The molecule has 0 unspecified atom stereocenters. The number of rotatable bonds is 1. The number of halogens is 1. The van der Waals surface area contributed by atoms with Crippen molar-refractivity contribution in [3.8, 4) is 12.1 Å². The van der Waals surface area contributed by atoms with E-state index in [0.717, 1.165) is 0 Å². The highest BCUT2D eigenvalue weighted by Gasteiger charge is 2.16. The molecule has 0 atom stereocenters. The smallest absolute Gasteiger partial charge is 0.142 e. The molecule has 0 spiro atoms. The highest BCUT2D eigenvalue weighted by Crippen LogP contribution is 2.37. The number of nitrogens with zero attached hydrogens (tertiary/aromatic N) is 2. The third-order valence-corrected chi connectivity index (χ3v) is 3.52. The fourth-order valence-electron chi connectivity index (χ4n) is 2.25. The number of aliphatic hydroxyl groups is 1. The normalized spacial score (nSPS) is 10.6. The van der Waals surface area contributed by atoms with Crippen LogP contribution in [0.5, 0.6) is 0 Å². The van der Waals surface area contributed by atoms with Gasteiger partial charge in [-0.15, -0.1) is 0 Å². The Morgan fingerprint density at radius 3 is 2.50 bits per heavy atom. The Balaban J connectivity index is 2.54. The van der Waals surface area contributed by atoms with Gasteiger partial charge in [0, 0.05) is 22.4 Å². The molecule has 3 aromatic rings. The summed E-state index contributed by atoms with van der Waals surface area (Å²) in [7, 11) is 0. The standard InChI is InChI=1S/C15H7ClN2O2/c16-12-2-1-8(7-19)15-14(12)11-3-9(5-17)10(6-18)4-13(11)20-15/h1-4,19H,7H2.